The SMILES string of the molecule is CC(C)(C)C(=O)NCC1(c2c[nH]c3cc(Cl)ccc23)CC1. The molecule has 1 aromatic carbocycles. The fourth-order valence-corrected chi connectivity index (χ4v) is 2.92. The zero-order chi connectivity index (χ0) is 15.3. The Kier molecular flexibility index (Phi) is 3.28. The highest BCUT2D eigenvalue weighted by Crippen LogP contribution is 2.50. The van der Waals surface area contributed by atoms with Crippen LogP contribution in [0.5, 0.6) is 0 Å². The van der Waals surface area contributed by atoms with Crippen molar-refractivity contribution in [2.75, 3.05) is 6.54 Å². The van der Waals surface area contributed by atoms with Crippen LogP contribution in [0.2, 0.25) is 5.02 Å². The van der Waals surface area contributed by atoms with Crippen molar-refractivity contribution in [3.8, 4) is 0 Å². The average molecular weight is 305 g/mol. The first-order chi connectivity index (χ1) is 9.82. The highest BCUT2D eigenvalue weighted by atomic mass is 35.5. The normalized spacial score (nSPS) is 17.0. The molecule has 1 fully saturated rings. The maximum absolute atomic E-state index is 12.1. The van der Waals surface area contributed by atoms with E-state index in [9.17, 15) is 4.79 Å². The number of carbonyl (C=O) groups excluding carboxylic acids is 1. The Balaban J connectivity index is 1.83. The van der Waals surface area contributed by atoms with Crippen molar-refractivity contribution in [2.24, 2.45) is 5.41 Å². The number of benzene rings is 1. The molecule has 3 rings (SSSR count). The molecule has 0 atom stereocenters. The Bertz CT molecular complexity index is 692. The van der Waals surface area contributed by atoms with E-state index >= 15 is 0 Å². The molecule has 112 valence electrons. The quantitative estimate of drug-likeness (QED) is 0.884. The number of hydrogen-bond donors (Lipinski definition) is 2. The number of hydrogen-bond acceptors (Lipinski definition) is 1. The van der Waals surface area contributed by atoms with E-state index in [-0.39, 0.29) is 16.7 Å². The van der Waals surface area contributed by atoms with Gasteiger partial charge in [0.25, 0.3) is 0 Å². The van der Waals surface area contributed by atoms with Crippen molar-refractivity contribution in [3.05, 3.63) is 35.0 Å². The van der Waals surface area contributed by atoms with E-state index in [1.165, 1.54) is 10.9 Å². The second kappa shape index (κ2) is 4.77. The maximum Gasteiger partial charge on any atom is 0.225 e. The van der Waals surface area contributed by atoms with Crippen LogP contribution >= 0.6 is 11.6 Å². The molecule has 1 heterocycles. The number of rotatable bonds is 3. The summed E-state index contributed by atoms with van der Waals surface area (Å²) in [5.74, 6) is 0.108. The second-order valence-corrected chi connectivity index (χ2v) is 7.54. The van der Waals surface area contributed by atoms with Gasteiger partial charge in [-0.25, -0.2) is 0 Å². The van der Waals surface area contributed by atoms with Gasteiger partial charge in [-0.05, 0) is 30.5 Å². The monoisotopic (exact) mass is 304 g/mol. The minimum Gasteiger partial charge on any atom is -0.361 e. The smallest absolute Gasteiger partial charge is 0.225 e. The topological polar surface area (TPSA) is 44.9 Å². The van der Waals surface area contributed by atoms with Crippen molar-refractivity contribution in [2.45, 2.75) is 39.0 Å². The zero-order valence-electron chi connectivity index (χ0n) is 12.7. The number of nitrogens with one attached hydrogen (secondary N) is 2. The van der Waals surface area contributed by atoms with Crippen LogP contribution < -0.4 is 5.32 Å². The summed E-state index contributed by atoms with van der Waals surface area (Å²) in [5, 5.41) is 5.06. The van der Waals surface area contributed by atoms with Crippen molar-refractivity contribution in [3.63, 3.8) is 0 Å². The third-order valence-corrected chi connectivity index (χ3v) is 4.57. The fourth-order valence-electron chi connectivity index (χ4n) is 2.74. The van der Waals surface area contributed by atoms with Crippen LogP contribution in [-0.2, 0) is 10.2 Å². The van der Waals surface area contributed by atoms with Gasteiger partial charge >= 0.3 is 0 Å². The Labute approximate surface area is 130 Å². The third-order valence-electron chi connectivity index (χ3n) is 4.34. The second-order valence-electron chi connectivity index (χ2n) is 7.11. The van der Waals surface area contributed by atoms with Gasteiger partial charge in [-0.1, -0.05) is 38.4 Å². The van der Waals surface area contributed by atoms with E-state index in [1.54, 1.807) is 0 Å². The number of aromatic nitrogens is 1. The average Bonchev–Trinajstić information content (AvgIpc) is 3.07. The Morgan fingerprint density at radius 1 is 1.38 bits per heavy atom. The highest BCUT2D eigenvalue weighted by Gasteiger charge is 2.46. The summed E-state index contributed by atoms with van der Waals surface area (Å²) in [4.78, 5) is 15.4. The summed E-state index contributed by atoms with van der Waals surface area (Å²) >= 11 is 6.03. The molecule has 0 unspecified atom stereocenters. The summed E-state index contributed by atoms with van der Waals surface area (Å²) in [6.45, 7) is 6.53. The van der Waals surface area contributed by atoms with Crippen LogP contribution in [0.4, 0.5) is 0 Å². The summed E-state index contributed by atoms with van der Waals surface area (Å²) in [6.07, 6.45) is 4.30. The summed E-state index contributed by atoms with van der Waals surface area (Å²) < 4.78 is 0. The van der Waals surface area contributed by atoms with Gasteiger partial charge in [0.1, 0.15) is 0 Å². The van der Waals surface area contributed by atoms with Crippen LogP contribution in [-0.4, -0.2) is 17.4 Å². The molecule has 1 amide bonds. The van der Waals surface area contributed by atoms with Gasteiger partial charge in [0, 0.05) is 39.5 Å². The molecular formula is C17H21ClN2O. The number of carbonyl (C=O) groups is 1. The molecule has 0 radical (unpaired) electrons. The minimum absolute atomic E-state index is 0.0903. The van der Waals surface area contributed by atoms with Gasteiger partial charge in [-0.2, -0.15) is 0 Å². The summed E-state index contributed by atoms with van der Waals surface area (Å²) in [6, 6.07) is 5.93. The first kappa shape index (κ1) is 14.5. The first-order valence-electron chi connectivity index (χ1n) is 7.37. The molecule has 4 heteroatoms. The highest BCUT2D eigenvalue weighted by molar-refractivity contribution is 6.31. The molecule has 0 spiro atoms. The van der Waals surface area contributed by atoms with E-state index < -0.39 is 0 Å². The predicted molar refractivity (Wildman–Crippen MR) is 86.7 cm³/mol. The van der Waals surface area contributed by atoms with E-state index in [1.807, 2.05) is 32.9 Å². The van der Waals surface area contributed by atoms with E-state index in [0.717, 1.165) is 23.4 Å². The fraction of sp³-hybridized carbons (Fsp3) is 0.471. The lowest BCUT2D eigenvalue weighted by Crippen LogP contribution is -2.39. The lowest BCUT2D eigenvalue weighted by molar-refractivity contribution is -0.128. The Morgan fingerprint density at radius 2 is 2.10 bits per heavy atom. The molecule has 1 aliphatic carbocycles. The molecule has 2 N–H and O–H groups in total. The van der Waals surface area contributed by atoms with Gasteiger partial charge < -0.3 is 10.3 Å². The van der Waals surface area contributed by atoms with Crippen LogP contribution in [0, 0.1) is 5.41 Å². The van der Waals surface area contributed by atoms with Gasteiger partial charge in [-0.3, -0.25) is 4.79 Å². The number of amides is 1. The van der Waals surface area contributed by atoms with Crippen LogP contribution in [0.15, 0.2) is 24.4 Å². The molecular weight excluding hydrogens is 284 g/mol. The van der Waals surface area contributed by atoms with Gasteiger partial charge in [0.05, 0.1) is 0 Å². The van der Waals surface area contributed by atoms with Crippen molar-refractivity contribution in [1.29, 1.82) is 0 Å². The Hall–Kier alpha value is -1.48. The Morgan fingerprint density at radius 3 is 2.71 bits per heavy atom. The maximum atomic E-state index is 12.1. The van der Waals surface area contributed by atoms with E-state index in [2.05, 4.69) is 22.6 Å². The number of aromatic amines is 1. The number of halogens is 1. The van der Waals surface area contributed by atoms with Gasteiger partial charge in [0.15, 0.2) is 0 Å². The van der Waals surface area contributed by atoms with E-state index in [4.69, 9.17) is 11.6 Å². The summed E-state index contributed by atoms with van der Waals surface area (Å²) in [5.41, 5.74) is 2.10. The predicted octanol–water partition coefficient (Wildman–Crippen LogP) is 4.02. The van der Waals surface area contributed by atoms with Crippen molar-refractivity contribution < 1.29 is 4.79 Å². The van der Waals surface area contributed by atoms with Gasteiger partial charge in [0.2, 0.25) is 5.91 Å². The standard InChI is InChI=1S/C17H21ClN2O/c1-16(2,3)15(21)20-10-17(6-7-17)13-9-19-14-8-11(18)4-5-12(13)14/h4-5,8-9,19H,6-7,10H2,1-3H3,(H,20,21). The van der Waals surface area contributed by atoms with Crippen LogP contribution in [0.1, 0.15) is 39.2 Å². The third kappa shape index (κ3) is 2.67. The lowest BCUT2D eigenvalue weighted by atomic mass is 9.92. The van der Waals surface area contributed by atoms with Crippen molar-refractivity contribution in [1.82, 2.24) is 10.3 Å². The zero-order valence-corrected chi connectivity index (χ0v) is 13.5. The molecule has 1 aromatic heterocycles. The largest absolute Gasteiger partial charge is 0.361 e. The van der Waals surface area contributed by atoms with Crippen LogP contribution in [0.25, 0.3) is 10.9 Å². The number of H-pyrrole nitrogens is 1. The molecule has 2 aromatic rings. The molecule has 1 saturated carbocycles. The molecule has 0 saturated heterocycles. The first-order valence-corrected chi connectivity index (χ1v) is 7.75. The minimum atomic E-state index is -0.343. The molecule has 1 aliphatic rings. The van der Waals surface area contributed by atoms with E-state index in [0.29, 0.717) is 6.54 Å². The molecule has 3 nitrogen and oxygen atoms in total. The van der Waals surface area contributed by atoms with Crippen molar-refractivity contribution >= 4 is 28.4 Å². The summed E-state index contributed by atoms with van der Waals surface area (Å²) in [7, 11) is 0. The van der Waals surface area contributed by atoms with Crippen LogP contribution in [0.3, 0.4) is 0 Å². The molecule has 0 aliphatic heterocycles. The van der Waals surface area contributed by atoms with Gasteiger partial charge in [-0.15, -0.1) is 0 Å². The number of fused-ring (bicyclic) bond motifs is 1. The lowest BCUT2D eigenvalue weighted by Gasteiger charge is -2.21. The molecule has 0 bridgehead atoms. The molecule has 21 heavy (non-hydrogen) atoms.